The van der Waals surface area contributed by atoms with Crippen LogP contribution in [0.1, 0.15) is 0 Å². The fourth-order valence-electron chi connectivity index (χ4n) is 0. The van der Waals surface area contributed by atoms with E-state index in [2.05, 4.69) is 73.3 Å². The van der Waals surface area contributed by atoms with Crippen molar-refractivity contribution in [2.24, 2.45) is 0 Å². The number of thiocarbonyl (C=S) groups is 6. The van der Waals surface area contributed by atoms with Crippen LogP contribution in [-0.4, -0.2) is 31.0 Å². The molecule has 0 saturated heterocycles. The standard InChI is InChI=1S/6CNS.Ni/c6*2-1-3;/q6*-1;+2. The second-order valence-corrected chi connectivity index (χ2v) is 1.64. The molecular formula is C6N6NiS6-4. The van der Waals surface area contributed by atoms with Gasteiger partial charge in [0.05, 0.1) is 0 Å². The molecule has 0 aliphatic carbocycles. The van der Waals surface area contributed by atoms with Gasteiger partial charge in [0.25, 0.3) is 0 Å². The summed E-state index contributed by atoms with van der Waals surface area (Å²) in [5.41, 5.74) is 0. The van der Waals surface area contributed by atoms with Crippen molar-refractivity contribution < 1.29 is 16.5 Å². The third-order valence-corrected chi connectivity index (χ3v) is 0. The van der Waals surface area contributed by atoms with Crippen molar-refractivity contribution in [3.63, 3.8) is 0 Å². The Kier molecular flexibility index (Phi) is 370. The Morgan fingerprint density at radius 3 is 0.368 bits per heavy atom. The Labute approximate surface area is 152 Å². The summed E-state index contributed by atoms with van der Waals surface area (Å²) in [6.07, 6.45) is 0. The summed E-state index contributed by atoms with van der Waals surface area (Å²) in [5.74, 6) is 0. The Morgan fingerprint density at radius 1 is 0.368 bits per heavy atom. The van der Waals surface area contributed by atoms with Gasteiger partial charge in [0, 0.05) is 0 Å². The van der Waals surface area contributed by atoms with Gasteiger partial charge in [-0.15, -0.1) is 0 Å². The van der Waals surface area contributed by atoms with Gasteiger partial charge in [-0.05, 0) is 0 Å². The predicted molar refractivity (Wildman–Crippen MR) is 95.7 cm³/mol. The maximum Gasteiger partial charge on any atom is 2.00 e. The zero-order chi connectivity index (χ0) is 16.2. The summed E-state index contributed by atoms with van der Waals surface area (Å²) < 4.78 is 0. The van der Waals surface area contributed by atoms with Crippen molar-refractivity contribution >= 4 is 104 Å². The summed E-state index contributed by atoms with van der Waals surface area (Å²) in [7, 11) is 0. The van der Waals surface area contributed by atoms with Gasteiger partial charge >= 0.3 is 16.5 Å². The molecule has 13 heteroatoms. The maximum absolute atomic E-state index is 7.13. The van der Waals surface area contributed by atoms with Crippen LogP contribution in [0.3, 0.4) is 0 Å². The van der Waals surface area contributed by atoms with Crippen LogP contribution >= 0.6 is 73.3 Å². The van der Waals surface area contributed by atoms with Gasteiger partial charge in [0.15, 0.2) is 0 Å². The Hall–Kier alpha value is -0.706. The van der Waals surface area contributed by atoms with Crippen molar-refractivity contribution in [2.45, 2.75) is 0 Å². The smallest absolute Gasteiger partial charge is 0.753 e. The molecule has 0 fully saturated rings. The third kappa shape index (κ3) is 8100. The fourth-order valence-corrected chi connectivity index (χ4v) is 0. The van der Waals surface area contributed by atoms with Gasteiger partial charge in [-0.1, -0.05) is 73.3 Å². The first-order chi connectivity index (χ1) is 8.49. The predicted octanol–water partition coefficient (Wildman–Crippen LogP) is 3.95. The van der Waals surface area contributed by atoms with Crippen molar-refractivity contribution in [3.05, 3.63) is 32.5 Å². The van der Waals surface area contributed by atoms with E-state index in [4.69, 9.17) is 32.5 Å². The molecule has 0 spiro atoms. The zero-order valence-corrected chi connectivity index (χ0v) is 14.3. The van der Waals surface area contributed by atoms with E-state index in [1.54, 1.807) is 0 Å². The molecule has 19 heavy (non-hydrogen) atoms. The molecule has 0 bridgehead atoms. The number of nitrogens with zero attached hydrogens (tertiary/aromatic N) is 6. The summed E-state index contributed by atoms with van der Waals surface area (Å²) in [4.78, 5) is 0. The fraction of sp³-hybridized carbons (Fsp3) is 0. The molecule has 6 nitrogen and oxygen atoms in total. The van der Waals surface area contributed by atoms with E-state index in [9.17, 15) is 0 Å². The van der Waals surface area contributed by atoms with Gasteiger partial charge in [-0.2, -0.15) is 31.0 Å². The maximum atomic E-state index is 7.13. The molecule has 0 atom stereocenters. The molecule has 0 amide bonds. The number of hydrogen-bond acceptors (Lipinski definition) is 6. The minimum absolute atomic E-state index is 0. The summed E-state index contributed by atoms with van der Waals surface area (Å²) >= 11 is 22.2. The molecule has 0 aromatic carbocycles. The van der Waals surface area contributed by atoms with Crippen LogP contribution in [0.2, 0.25) is 0 Å². The second kappa shape index (κ2) is 164. The van der Waals surface area contributed by atoms with E-state index in [1.165, 1.54) is 31.0 Å². The SMILES string of the molecule is [N-]=C=S.[N-]=C=S.[N-]=C=S.[N-]=C=S.[N-]=C=S.[N-]=C=S.[Ni+2]. The minimum Gasteiger partial charge on any atom is -0.753 e. The first kappa shape index (κ1) is 42.9. The Bertz CT molecular complexity index is 253. The number of hydrogen-bond donors (Lipinski definition) is 0. The number of isothiocyanates is 6. The van der Waals surface area contributed by atoms with Crippen molar-refractivity contribution in [2.75, 3.05) is 0 Å². The van der Waals surface area contributed by atoms with Crippen molar-refractivity contribution in [3.8, 4) is 0 Å². The van der Waals surface area contributed by atoms with E-state index in [0.717, 1.165) is 0 Å². The van der Waals surface area contributed by atoms with Crippen LogP contribution < -0.4 is 0 Å². The van der Waals surface area contributed by atoms with Crippen LogP contribution in [0.4, 0.5) is 0 Å². The Balaban J connectivity index is -0.0000000180. The minimum atomic E-state index is 0. The molecule has 0 aliphatic heterocycles. The van der Waals surface area contributed by atoms with Crippen LogP contribution in [0, 0.1) is 0 Å². The van der Waals surface area contributed by atoms with Gasteiger partial charge in [-0.3, -0.25) is 0 Å². The molecule has 0 aromatic heterocycles. The first-order valence-electron chi connectivity index (χ1n) is 2.57. The number of rotatable bonds is 0. The molecule has 0 N–H and O–H groups in total. The van der Waals surface area contributed by atoms with Crippen molar-refractivity contribution in [1.29, 1.82) is 0 Å². The van der Waals surface area contributed by atoms with E-state index in [0.29, 0.717) is 0 Å². The molecule has 0 radical (unpaired) electrons. The summed E-state index contributed by atoms with van der Waals surface area (Å²) in [5, 5.41) is 50.8. The second-order valence-electron chi connectivity index (χ2n) is 0.548. The summed E-state index contributed by atoms with van der Waals surface area (Å²) in [6, 6.07) is 0. The van der Waals surface area contributed by atoms with Crippen LogP contribution in [0.25, 0.3) is 32.5 Å². The molecule has 0 heterocycles. The van der Waals surface area contributed by atoms with E-state index in [-0.39, 0.29) is 16.5 Å². The topological polar surface area (TPSA) is 134 Å². The van der Waals surface area contributed by atoms with Gasteiger partial charge in [0.2, 0.25) is 0 Å². The zero-order valence-electron chi connectivity index (χ0n) is 8.45. The average molecular weight is 407 g/mol. The van der Waals surface area contributed by atoms with Gasteiger partial charge < -0.3 is 32.5 Å². The molecule has 0 aromatic rings. The normalized spacial score (nSPS) is 2.53. The van der Waals surface area contributed by atoms with E-state index < -0.39 is 0 Å². The molecule has 0 saturated carbocycles. The molecule has 0 aliphatic rings. The van der Waals surface area contributed by atoms with Crippen LogP contribution in [-0.2, 0) is 16.5 Å². The first-order valence-corrected chi connectivity index (χ1v) is 5.02. The molecular weight excluding hydrogens is 407 g/mol. The van der Waals surface area contributed by atoms with E-state index >= 15 is 0 Å². The summed E-state index contributed by atoms with van der Waals surface area (Å²) in [6.45, 7) is 0. The largest absolute Gasteiger partial charge is 2.00 e. The van der Waals surface area contributed by atoms with E-state index in [1.807, 2.05) is 0 Å². The van der Waals surface area contributed by atoms with Crippen LogP contribution in [0.15, 0.2) is 0 Å². The molecule has 104 valence electrons. The quantitative estimate of drug-likeness (QED) is 0.339. The monoisotopic (exact) mass is 406 g/mol. The third-order valence-electron chi connectivity index (χ3n) is 0. The average Bonchev–Trinajstić information content (AvgIpc) is 2.23. The van der Waals surface area contributed by atoms with Crippen LogP contribution in [0.5, 0.6) is 0 Å². The van der Waals surface area contributed by atoms with Gasteiger partial charge in [0.1, 0.15) is 0 Å². The molecule has 0 unspecified atom stereocenters. The van der Waals surface area contributed by atoms with Crippen molar-refractivity contribution in [1.82, 2.24) is 0 Å². The Morgan fingerprint density at radius 2 is 0.368 bits per heavy atom. The van der Waals surface area contributed by atoms with Gasteiger partial charge in [-0.25, -0.2) is 0 Å². The molecule has 0 rings (SSSR count).